The lowest BCUT2D eigenvalue weighted by Gasteiger charge is -2.29. The lowest BCUT2D eigenvalue weighted by molar-refractivity contribution is -0.113. The highest BCUT2D eigenvalue weighted by atomic mass is 32.2. The first-order valence-corrected chi connectivity index (χ1v) is 10.9. The number of sulfonamides is 1. The quantitative estimate of drug-likeness (QED) is 0.759. The number of amides is 1. The molecule has 0 atom stereocenters. The van der Waals surface area contributed by atoms with Gasteiger partial charge in [0, 0.05) is 38.2 Å². The first kappa shape index (κ1) is 20.3. The Morgan fingerprint density at radius 2 is 1.93 bits per heavy atom. The van der Waals surface area contributed by atoms with Gasteiger partial charge in [0.15, 0.2) is 0 Å². The summed E-state index contributed by atoms with van der Waals surface area (Å²) >= 11 is 0. The maximum Gasteiger partial charge on any atom is 0.241 e. The minimum atomic E-state index is -3.58. The largest absolute Gasteiger partial charge is 0.486 e. The van der Waals surface area contributed by atoms with E-state index in [0.717, 1.165) is 18.7 Å². The van der Waals surface area contributed by atoms with Crippen LogP contribution in [-0.2, 0) is 28.5 Å². The van der Waals surface area contributed by atoms with Crippen LogP contribution in [0.3, 0.4) is 0 Å². The third-order valence-corrected chi connectivity index (χ3v) is 6.66. The molecule has 1 aromatic carbocycles. The average Bonchev–Trinajstić information content (AvgIpc) is 3.06. The Balaban J connectivity index is 1.50. The van der Waals surface area contributed by atoms with Crippen LogP contribution in [0.15, 0.2) is 36.7 Å². The number of anilines is 1. The molecule has 2 heterocycles. The number of hydrogen-bond donors (Lipinski definition) is 1. The minimum absolute atomic E-state index is 0.335. The molecule has 2 aromatic rings. The van der Waals surface area contributed by atoms with Crippen LogP contribution in [0.5, 0.6) is 5.75 Å². The van der Waals surface area contributed by atoms with Gasteiger partial charge in [-0.15, -0.1) is 0 Å². The van der Waals surface area contributed by atoms with Gasteiger partial charge in [0.1, 0.15) is 23.9 Å². The fourth-order valence-corrected chi connectivity index (χ4v) is 4.39. The Hall–Kier alpha value is -2.39. The molecule has 1 amide bonds. The highest BCUT2D eigenvalue weighted by Crippen LogP contribution is 2.20. The fourth-order valence-electron chi connectivity index (χ4n) is 3.04. The van der Waals surface area contributed by atoms with Gasteiger partial charge in [-0.05, 0) is 43.0 Å². The number of carbonyl (C=O) groups excluding carboxylic acids is 1. The highest BCUT2D eigenvalue weighted by Gasteiger charge is 2.28. The first-order valence-electron chi connectivity index (χ1n) is 9.30. The van der Waals surface area contributed by atoms with Gasteiger partial charge >= 0.3 is 0 Å². The Morgan fingerprint density at radius 3 is 2.54 bits per heavy atom. The van der Waals surface area contributed by atoms with Crippen molar-refractivity contribution in [1.82, 2.24) is 13.9 Å². The molecular weight excluding hydrogens is 380 g/mol. The molecule has 1 fully saturated rings. The van der Waals surface area contributed by atoms with E-state index in [-0.39, 0.29) is 0 Å². The van der Waals surface area contributed by atoms with E-state index in [1.165, 1.54) is 4.31 Å². The maximum absolute atomic E-state index is 12.4. The van der Waals surface area contributed by atoms with Gasteiger partial charge in [-0.25, -0.2) is 17.7 Å². The van der Waals surface area contributed by atoms with Gasteiger partial charge in [-0.2, -0.15) is 0 Å². The number of nitrogens with one attached hydrogen (secondary N) is 1. The number of piperidine rings is 1. The molecule has 9 heteroatoms. The standard InChI is InChI=1S/C19H26N4O4S/c1-15-7-10-23(11-8-15)28(25,26)14-19(24)21-16-3-5-17(6-4-16)27-13-18-20-9-12-22(18)2/h3-6,9,12,15H,7-8,10-11,13-14H2,1-2H3,(H,21,24). The number of nitrogens with zero attached hydrogens (tertiary/aromatic N) is 3. The van der Waals surface area contributed by atoms with Crippen molar-refractivity contribution in [2.45, 2.75) is 26.4 Å². The molecule has 0 spiro atoms. The molecule has 3 rings (SSSR count). The summed E-state index contributed by atoms with van der Waals surface area (Å²) in [5.41, 5.74) is 0.525. The molecule has 0 saturated carbocycles. The van der Waals surface area contributed by atoms with Crippen molar-refractivity contribution in [2.24, 2.45) is 13.0 Å². The summed E-state index contributed by atoms with van der Waals surface area (Å²) in [6.07, 6.45) is 5.22. The summed E-state index contributed by atoms with van der Waals surface area (Å²) in [5, 5.41) is 2.64. The SMILES string of the molecule is CC1CCN(S(=O)(=O)CC(=O)Nc2ccc(OCc3nccn3C)cc2)CC1. The van der Waals surface area contributed by atoms with Crippen LogP contribution in [0, 0.1) is 5.92 Å². The molecule has 0 bridgehead atoms. The Kier molecular flexibility index (Phi) is 6.35. The number of carbonyl (C=O) groups is 1. The van der Waals surface area contributed by atoms with Crippen molar-refractivity contribution in [3.63, 3.8) is 0 Å². The van der Waals surface area contributed by atoms with Crippen molar-refractivity contribution in [2.75, 3.05) is 24.2 Å². The lowest BCUT2D eigenvalue weighted by Crippen LogP contribution is -2.41. The summed E-state index contributed by atoms with van der Waals surface area (Å²) in [6, 6.07) is 6.81. The van der Waals surface area contributed by atoms with E-state index < -0.39 is 21.7 Å². The third kappa shape index (κ3) is 5.32. The van der Waals surface area contributed by atoms with Crippen molar-refractivity contribution in [3.05, 3.63) is 42.5 Å². The number of aryl methyl sites for hydroxylation is 1. The van der Waals surface area contributed by atoms with Crippen molar-refractivity contribution >= 4 is 21.6 Å². The van der Waals surface area contributed by atoms with Crippen LogP contribution < -0.4 is 10.1 Å². The molecule has 0 radical (unpaired) electrons. The van der Waals surface area contributed by atoms with E-state index in [1.807, 2.05) is 17.8 Å². The minimum Gasteiger partial charge on any atom is -0.486 e. The van der Waals surface area contributed by atoms with E-state index in [0.29, 0.717) is 37.1 Å². The normalized spacial score (nSPS) is 16.1. The van der Waals surface area contributed by atoms with E-state index in [9.17, 15) is 13.2 Å². The van der Waals surface area contributed by atoms with Crippen LogP contribution in [0.4, 0.5) is 5.69 Å². The van der Waals surface area contributed by atoms with Crippen LogP contribution >= 0.6 is 0 Å². The maximum atomic E-state index is 12.4. The predicted octanol–water partition coefficient (Wildman–Crippen LogP) is 2.00. The van der Waals surface area contributed by atoms with Crippen LogP contribution in [0.2, 0.25) is 0 Å². The molecule has 28 heavy (non-hydrogen) atoms. The molecule has 1 saturated heterocycles. The van der Waals surface area contributed by atoms with Gasteiger partial charge in [0.2, 0.25) is 15.9 Å². The van der Waals surface area contributed by atoms with Crippen LogP contribution in [0.1, 0.15) is 25.6 Å². The Bertz CT molecular complexity index is 900. The number of hydrogen-bond acceptors (Lipinski definition) is 5. The second kappa shape index (κ2) is 8.74. The highest BCUT2D eigenvalue weighted by molar-refractivity contribution is 7.89. The van der Waals surface area contributed by atoms with Crippen LogP contribution in [-0.4, -0.2) is 47.0 Å². The zero-order chi connectivity index (χ0) is 20.1. The first-order chi connectivity index (χ1) is 13.3. The van der Waals surface area contributed by atoms with Crippen molar-refractivity contribution in [3.8, 4) is 5.75 Å². The van der Waals surface area contributed by atoms with Gasteiger partial charge < -0.3 is 14.6 Å². The second-order valence-corrected chi connectivity index (χ2v) is 9.12. The van der Waals surface area contributed by atoms with Gasteiger partial charge in [-0.1, -0.05) is 6.92 Å². The number of rotatable bonds is 7. The fraction of sp³-hybridized carbons (Fsp3) is 0.474. The van der Waals surface area contributed by atoms with Gasteiger partial charge in [0.25, 0.3) is 0 Å². The van der Waals surface area contributed by atoms with Gasteiger partial charge in [-0.3, -0.25) is 4.79 Å². The van der Waals surface area contributed by atoms with Crippen LogP contribution in [0.25, 0.3) is 0 Å². The number of aromatic nitrogens is 2. The molecule has 1 aliphatic heterocycles. The smallest absolute Gasteiger partial charge is 0.241 e. The predicted molar refractivity (Wildman–Crippen MR) is 106 cm³/mol. The Labute approximate surface area is 165 Å². The number of benzene rings is 1. The summed E-state index contributed by atoms with van der Waals surface area (Å²) in [4.78, 5) is 16.4. The van der Waals surface area contributed by atoms with Crippen molar-refractivity contribution in [1.29, 1.82) is 0 Å². The molecule has 1 aliphatic rings. The van der Waals surface area contributed by atoms with E-state index >= 15 is 0 Å². The molecule has 8 nitrogen and oxygen atoms in total. The molecule has 0 unspecified atom stereocenters. The topological polar surface area (TPSA) is 93.5 Å². The average molecular weight is 407 g/mol. The molecule has 0 aliphatic carbocycles. The Morgan fingerprint density at radius 1 is 1.25 bits per heavy atom. The van der Waals surface area contributed by atoms with E-state index in [2.05, 4.69) is 17.2 Å². The second-order valence-electron chi connectivity index (χ2n) is 7.15. The van der Waals surface area contributed by atoms with Gasteiger partial charge in [0.05, 0.1) is 0 Å². The molecule has 1 aromatic heterocycles. The number of ether oxygens (including phenoxy) is 1. The summed E-state index contributed by atoms with van der Waals surface area (Å²) in [5.74, 6) is 0.878. The molecule has 152 valence electrons. The summed E-state index contributed by atoms with van der Waals surface area (Å²) < 4.78 is 33.8. The van der Waals surface area contributed by atoms with Crippen molar-refractivity contribution < 1.29 is 17.9 Å². The third-order valence-electron chi connectivity index (χ3n) is 4.88. The lowest BCUT2D eigenvalue weighted by atomic mass is 10.0. The van der Waals surface area contributed by atoms with E-state index in [1.54, 1.807) is 30.5 Å². The zero-order valence-electron chi connectivity index (χ0n) is 16.2. The zero-order valence-corrected chi connectivity index (χ0v) is 17.0. The summed E-state index contributed by atoms with van der Waals surface area (Å²) in [6.45, 7) is 3.42. The number of imidazole rings is 1. The molecule has 1 N–H and O–H groups in total. The molecular formula is C19H26N4O4S. The van der Waals surface area contributed by atoms with E-state index in [4.69, 9.17) is 4.74 Å². The monoisotopic (exact) mass is 406 g/mol. The summed E-state index contributed by atoms with van der Waals surface area (Å²) in [7, 11) is -1.69.